The Kier molecular flexibility index (Phi) is 6.56. The highest BCUT2D eigenvalue weighted by molar-refractivity contribution is 6.11. The predicted molar refractivity (Wildman–Crippen MR) is 133 cm³/mol. The summed E-state index contributed by atoms with van der Waals surface area (Å²) < 4.78 is 5.38. The van der Waals surface area contributed by atoms with Gasteiger partial charge >= 0.3 is 0 Å². The fraction of sp³-hybridized carbons (Fsp3) is 0.259. The number of carbonyl (C=O) groups excluding carboxylic acids is 2. The Morgan fingerprint density at radius 3 is 2.50 bits per heavy atom. The van der Waals surface area contributed by atoms with Crippen LogP contribution in [0.3, 0.4) is 0 Å². The fourth-order valence-corrected chi connectivity index (χ4v) is 4.46. The molecule has 0 unspecified atom stereocenters. The number of hydrogen-bond donors (Lipinski definition) is 3. The molecule has 0 spiro atoms. The summed E-state index contributed by atoms with van der Waals surface area (Å²) in [5.74, 6) is -0.405. The van der Waals surface area contributed by atoms with Gasteiger partial charge in [0.2, 0.25) is 0 Å². The quantitative estimate of drug-likeness (QED) is 0.506. The minimum absolute atomic E-state index is 0.164. The monoisotopic (exact) mass is 456 g/mol. The van der Waals surface area contributed by atoms with Gasteiger partial charge in [0, 0.05) is 44.0 Å². The van der Waals surface area contributed by atoms with E-state index in [1.54, 1.807) is 12.1 Å². The van der Waals surface area contributed by atoms with Gasteiger partial charge in [-0.05, 0) is 47.0 Å². The molecule has 2 heterocycles. The highest BCUT2D eigenvalue weighted by atomic mass is 16.5. The molecule has 2 amide bonds. The normalized spacial score (nSPS) is 15.5. The number of carbonyl (C=O) groups is 2. The van der Waals surface area contributed by atoms with Gasteiger partial charge in [-0.2, -0.15) is 0 Å². The molecule has 1 saturated heterocycles. The average Bonchev–Trinajstić information content (AvgIpc) is 3.28. The standard InChI is InChI=1S/C27H28N4O3/c32-26(20-6-8-21(9-7-20)28-12-13-31-14-16-34-17-15-31)30-24-11-10-22(19-4-2-1-3-5-19)23-18-29-27(33)25(23)24/h1-11,28H,12-18H2,(H,29,33)(H,30,32). The first-order chi connectivity index (χ1) is 16.7. The molecule has 5 rings (SSSR count). The maximum Gasteiger partial charge on any atom is 0.255 e. The van der Waals surface area contributed by atoms with Crippen LogP contribution in [-0.2, 0) is 11.3 Å². The fourth-order valence-electron chi connectivity index (χ4n) is 4.46. The van der Waals surface area contributed by atoms with Crippen LogP contribution in [0.15, 0.2) is 66.7 Å². The molecule has 0 aliphatic carbocycles. The molecule has 2 aliphatic heterocycles. The molecule has 7 nitrogen and oxygen atoms in total. The lowest BCUT2D eigenvalue weighted by atomic mass is 9.95. The Hall–Kier alpha value is -3.68. The van der Waals surface area contributed by atoms with E-state index in [9.17, 15) is 9.59 Å². The minimum Gasteiger partial charge on any atom is -0.384 e. The van der Waals surface area contributed by atoms with Crippen LogP contribution in [-0.4, -0.2) is 56.1 Å². The first kappa shape index (κ1) is 22.1. The highest BCUT2D eigenvalue weighted by Gasteiger charge is 2.26. The number of amides is 2. The minimum atomic E-state index is -0.241. The molecule has 174 valence electrons. The van der Waals surface area contributed by atoms with Crippen LogP contribution in [0.25, 0.3) is 11.1 Å². The van der Waals surface area contributed by atoms with Crippen molar-refractivity contribution in [3.05, 3.63) is 83.4 Å². The molecule has 2 aliphatic rings. The average molecular weight is 457 g/mol. The van der Waals surface area contributed by atoms with Crippen molar-refractivity contribution in [2.24, 2.45) is 0 Å². The van der Waals surface area contributed by atoms with Gasteiger partial charge < -0.3 is 20.7 Å². The van der Waals surface area contributed by atoms with E-state index < -0.39 is 0 Å². The van der Waals surface area contributed by atoms with E-state index in [2.05, 4.69) is 20.9 Å². The second-order valence-corrected chi connectivity index (χ2v) is 8.48. The van der Waals surface area contributed by atoms with Gasteiger partial charge in [-0.3, -0.25) is 14.5 Å². The third-order valence-corrected chi connectivity index (χ3v) is 6.31. The largest absolute Gasteiger partial charge is 0.384 e. The second-order valence-electron chi connectivity index (χ2n) is 8.48. The van der Waals surface area contributed by atoms with Crippen molar-refractivity contribution in [1.82, 2.24) is 10.2 Å². The van der Waals surface area contributed by atoms with Crippen LogP contribution < -0.4 is 16.0 Å². The van der Waals surface area contributed by atoms with Crippen LogP contribution in [0.4, 0.5) is 11.4 Å². The van der Waals surface area contributed by atoms with Gasteiger partial charge in [0.1, 0.15) is 0 Å². The molecule has 34 heavy (non-hydrogen) atoms. The lowest BCUT2D eigenvalue weighted by Gasteiger charge is -2.26. The molecule has 0 bridgehead atoms. The molecule has 7 heteroatoms. The number of benzene rings is 3. The van der Waals surface area contributed by atoms with Gasteiger partial charge in [0.05, 0.1) is 24.5 Å². The molecule has 0 aromatic heterocycles. The summed E-state index contributed by atoms with van der Waals surface area (Å²) in [6.07, 6.45) is 0. The second kappa shape index (κ2) is 10.1. The number of anilines is 2. The zero-order valence-electron chi connectivity index (χ0n) is 19.0. The molecule has 3 N–H and O–H groups in total. The smallest absolute Gasteiger partial charge is 0.255 e. The van der Waals surface area contributed by atoms with Crippen molar-refractivity contribution >= 4 is 23.2 Å². The summed E-state index contributed by atoms with van der Waals surface area (Å²) >= 11 is 0. The maximum absolute atomic E-state index is 12.9. The number of fused-ring (bicyclic) bond motifs is 1. The number of hydrogen-bond acceptors (Lipinski definition) is 5. The number of nitrogens with zero attached hydrogens (tertiary/aromatic N) is 1. The van der Waals surface area contributed by atoms with Crippen molar-refractivity contribution in [1.29, 1.82) is 0 Å². The number of rotatable bonds is 7. The van der Waals surface area contributed by atoms with Crippen molar-refractivity contribution in [3.63, 3.8) is 0 Å². The van der Waals surface area contributed by atoms with Crippen LogP contribution in [0, 0.1) is 0 Å². The van der Waals surface area contributed by atoms with Gasteiger partial charge in [-0.15, -0.1) is 0 Å². The maximum atomic E-state index is 12.9. The number of ether oxygens (including phenoxy) is 1. The van der Waals surface area contributed by atoms with Crippen LogP contribution >= 0.6 is 0 Å². The Morgan fingerprint density at radius 1 is 0.971 bits per heavy atom. The topological polar surface area (TPSA) is 82.7 Å². The van der Waals surface area contributed by atoms with E-state index in [-0.39, 0.29) is 11.8 Å². The molecule has 3 aromatic rings. The Labute approximate surface area is 199 Å². The molecular weight excluding hydrogens is 428 g/mol. The van der Waals surface area contributed by atoms with E-state index in [1.165, 1.54) is 0 Å². The number of nitrogens with one attached hydrogen (secondary N) is 3. The molecule has 0 atom stereocenters. The Balaban J connectivity index is 1.25. The zero-order valence-corrected chi connectivity index (χ0v) is 19.0. The highest BCUT2D eigenvalue weighted by Crippen LogP contribution is 2.34. The summed E-state index contributed by atoms with van der Waals surface area (Å²) in [7, 11) is 0. The molecule has 0 radical (unpaired) electrons. The van der Waals surface area contributed by atoms with Gasteiger partial charge in [-0.25, -0.2) is 0 Å². The summed E-state index contributed by atoms with van der Waals surface area (Å²) in [6, 6.07) is 21.1. The summed E-state index contributed by atoms with van der Waals surface area (Å²) in [6.45, 7) is 5.77. The lowest BCUT2D eigenvalue weighted by molar-refractivity contribution is 0.0398. The SMILES string of the molecule is O=C(Nc1ccc(-c2ccccc2)c2c1C(=O)NC2)c1ccc(NCCN2CCOCC2)cc1. The molecule has 3 aromatic carbocycles. The lowest BCUT2D eigenvalue weighted by Crippen LogP contribution is -2.39. The van der Waals surface area contributed by atoms with E-state index >= 15 is 0 Å². The summed E-state index contributed by atoms with van der Waals surface area (Å²) in [5, 5.41) is 9.23. The third-order valence-electron chi connectivity index (χ3n) is 6.31. The van der Waals surface area contributed by atoms with E-state index in [0.717, 1.165) is 61.8 Å². The van der Waals surface area contributed by atoms with Gasteiger partial charge in [-0.1, -0.05) is 36.4 Å². The van der Waals surface area contributed by atoms with Crippen molar-refractivity contribution < 1.29 is 14.3 Å². The molecule has 0 saturated carbocycles. The predicted octanol–water partition coefficient (Wildman–Crippen LogP) is 3.59. The van der Waals surface area contributed by atoms with E-state index in [4.69, 9.17) is 4.74 Å². The van der Waals surface area contributed by atoms with Crippen molar-refractivity contribution in [2.75, 3.05) is 50.0 Å². The van der Waals surface area contributed by atoms with E-state index in [1.807, 2.05) is 54.6 Å². The van der Waals surface area contributed by atoms with Crippen LogP contribution in [0.2, 0.25) is 0 Å². The summed E-state index contributed by atoms with van der Waals surface area (Å²) in [4.78, 5) is 27.9. The zero-order chi connectivity index (χ0) is 23.3. The first-order valence-electron chi connectivity index (χ1n) is 11.6. The first-order valence-corrected chi connectivity index (χ1v) is 11.6. The van der Waals surface area contributed by atoms with Crippen molar-refractivity contribution in [2.45, 2.75) is 6.54 Å². The van der Waals surface area contributed by atoms with Crippen LogP contribution in [0.1, 0.15) is 26.3 Å². The van der Waals surface area contributed by atoms with Crippen LogP contribution in [0.5, 0.6) is 0 Å². The number of morpholine rings is 1. The molecular formula is C27H28N4O3. The van der Waals surface area contributed by atoms with Gasteiger partial charge in [0.15, 0.2) is 0 Å². The Morgan fingerprint density at radius 2 is 1.74 bits per heavy atom. The Bertz CT molecular complexity index is 1170. The summed E-state index contributed by atoms with van der Waals surface area (Å²) in [5.41, 5.74) is 5.53. The van der Waals surface area contributed by atoms with Gasteiger partial charge in [0.25, 0.3) is 11.8 Å². The van der Waals surface area contributed by atoms with Crippen molar-refractivity contribution in [3.8, 4) is 11.1 Å². The molecule has 1 fully saturated rings. The van der Waals surface area contributed by atoms with E-state index in [0.29, 0.717) is 23.4 Å². The third kappa shape index (κ3) is 4.81.